The summed E-state index contributed by atoms with van der Waals surface area (Å²) in [4.78, 5) is 36.9. The number of nitrogens with two attached hydrogens (primary N) is 1. The molecule has 0 aliphatic carbocycles. The maximum Gasteiger partial charge on any atom is 0.354 e. The van der Waals surface area contributed by atoms with Crippen molar-refractivity contribution in [1.82, 2.24) is 15.6 Å². The number of aromatic nitrogens is 1. The van der Waals surface area contributed by atoms with Crippen LogP contribution in [-0.4, -0.2) is 33.5 Å². The third-order valence-corrected chi connectivity index (χ3v) is 2.57. The van der Waals surface area contributed by atoms with Crippen LogP contribution in [0.25, 0.3) is 0 Å². The second kappa shape index (κ2) is 6.69. The Hall–Kier alpha value is -2.64. The predicted octanol–water partition coefficient (Wildman–Crippen LogP) is 0.233. The van der Waals surface area contributed by atoms with E-state index in [9.17, 15) is 14.4 Å². The van der Waals surface area contributed by atoms with Crippen molar-refractivity contribution in [1.29, 1.82) is 0 Å². The molecule has 1 aromatic rings. The van der Waals surface area contributed by atoms with E-state index in [0.29, 0.717) is 5.56 Å². The molecule has 0 atom stereocenters. The maximum atomic E-state index is 11.7. The van der Waals surface area contributed by atoms with Crippen LogP contribution < -0.4 is 16.4 Å². The maximum absolute atomic E-state index is 11.7. The molecule has 0 spiro atoms. The van der Waals surface area contributed by atoms with Crippen molar-refractivity contribution in [3.63, 3.8) is 0 Å². The molecule has 8 heteroatoms. The zero-order chi connectivity index (χ0) is 16.0. The Morgan fingerprint density at radius 2 is 2.00 bits per heavy atom. The van der Waals surface area contributed by atoms with E-state index in [4.69, 9.17) is 10.8 Å². The summed E-state index contributed by atoms with van der Waals surface area (Å²) in [5, 5.41) is 13.9. The largest absolute Gasteiger partial charge is 0.477 e. The van der Waals surface area contributed by atoms with Gasteiger partial charge in [-0.3, -0.25) is 4.79 Å². The molecule has 0 bridgehead atoms. The van der Waals surface area contributed by atoms with E-state index in [1.54, 1.807) is 19.9 Å². The number of nitrogens with zero attached hydrogens (tertiary/aromatic N) is 1. The third kappa shape index (κ3) is 5.89. The predicted molar refractivity (Wildman–Crippen MR) is 74.5 cm³/mol. The van der Waals surface area contributed by atoms with Crippen LogP contribution in [0, 0.1) is 0 Å². The van der Waals surface area contributed by atoms with E-state index in [0.717, 1.165) is 0 Å². The fourth-order valence-electron chi connectivity index (χ4n) is 1.67. The lowest BCUT2D eigenvalue weighted by Gasteiger charge is -2.24. The number of primary amides is 1. The Morgan fingerprint density at radius 1 is 1.33 bits per heavy atom. The van der Waals surface area contributed by atoms with Crippen molar-refractivity contribution in [3.8, 4) is 0 Å². The molecule has 1 aromatic heterocycles. The lowest BCUT2D eigenvalue weighted by Crippen LogP contribution is -2.49. The first-order chi connectivity index (χ1) is 9.69. The van der Waals surface area contributed by atoms with Crippen molar-refractivity contribution in [2.45, 2.75) is 32.4 Å². The molecule has 1 rings (SSSR count). The molecule has 0 saturated carbocycles. The summed E-state index contributed by atoms with van der Waals surface area (Å²) in [5.74, 6) is -1.62. The number of amides is 3. The second-order valence-corrected chi connectivity index (χ2v) is 5.19. The Bertz CT molecular complexity index is 540. The monoisotopic (exact) mass is 294 g/mol. The lowest BCUT2D eigenvalue weighted by molar-refractivity contribution is -0.119. The van der Waals surface area contributed by atoms with Gasteiger partial charge in [-0.05, 0) is 25.5 Å². The second-order valence-electron chi connectivity index (χ2n) is 5.19. The van der Waals surface area contributed by atoms with Crippen LogP contribution in [0.5, 0.6) is 0 Å². The number of carboxylic acids is 1. The number of rotatable bonds is 6. The standard InChI is InChI=1S/C13H18N4O4/c1-13(2,5-10(14)18)17-12(21)16-7-8-3-4-9(11(19)20)15-6-8/h3-4,6H,5,7H2,1-2H3,(H2,14,18)(H,19,20)(H2,16,17,21). The van der Waals surface area contributed by atoms with Gasteiger partial charge in [0.25, 0.3) is 0 Å². The highest BCUT2D eigenvalue weighted by atomic mass is 16.4. The van der Waals surface area contributed by atoms with Crippen molar-refractivity contribution in [2.75, 3.05) is 0 Å². The van der Waals surface area contributed by atoms with E-state index >= 15 is 0 Å². The minimum absolute atomic E-state index is 0.0231. The Balaban J connectivity index is 2.49. The van der Waals surface area contributed by atoms with Crippen molar-refractivity contribution >= 4 is 17.9 Å². The number of hydrogen-bond acceptors (Lipinski definition) is 4. The normalized spacial score (nSPS) is 10.8. The quantitative estimate of drug-likeness (QED) is 0.596. The molecule has 0 fully saturated rings. The van der Waals surface area contributed by atoms with E-state index in [-0.39, 0.29) is 18.7 Å². The van der Waals surface area contributed by atoms with Crippen molar-refractivity contribution in [2.24, 2.45) is 5.73 Å². The number of aromatic carboxylic acids is 1. The topological polar surface area (TPSA) is 134 Å². The van der Waals surface area contributed by atoms with Gasteiger partial charge in [0, 0.05) is 24.7 Å². The number of carbonyl (C=O) groups excluding carboxylic acids is 2. The molecule has 1 heterocycles. The van der Waals surface area contributed by atoms with E-state index < -0.39 is 23.4 Å². The Labute approximate surface area is 121 Å². The molecule has 21 heavy (non-hydrogen) atoms. The number of carbonyl (C=O) groups is 3. The van der Waals surface area contributed by atoms with Gasteiger partial charge in [-0.15, -0.1) is 0 Å². The molecule has 0 saturated heterocycles. The fourth-order valence-corrected chi connectivity index (χ4v) is 1.67. The van der Waals surface area contributed by atoms with Gasteiger partial charge in [0.2, 0.25) is 5.91 Å². The number of urea groups is 1. The summed E-state index contributed by atoms with van der Waals surface area (Å²) in [5.41, 5.74) is 4.93. The number of nitrogens with one attached hydrogen (secondary N) is 2. The zero-order valence-corrected chi connectivity index (χ0v) is 11.8. The smallest absolute Gasteiger partial charge is 0.354 e. The molecule has 0 radical (unpaired) electrons. The molecule has 114 valence electrons. The van der Waals surface area contributed by atoms with Gasteiger partial charge in [-0.1, -0.05) is 6.07 Å². The molecule has 0 aliphatic heterocycles. The Morgan fingerprint density at radius 3 is 2.48 bits per heavy atom. The lowest BCUT2D eigenvalue weighted by atomic mass is 10.0. The van der Waals surface area contributed by atoms with Crippen LogP contribution in [0.2, 0.25) is 0 Å². The molecule has 0 aromatic carbocycles. The van der Waals surface area contributed by atoms with Gasteiger partial charge >= 0.3 is 12.0 Å². The molecular formula is C13H18N4O4. The summed E-state index contributed by atoms with van der Waals surface area (Å²) in [6, 6.07) is 2.46. The van der Waals surface area contributed by atoms with Gasteiger partial charge in [0.15, 0.2) is 0 Å². The van der Waals surface area contributed by atoms with Gasteiger partial charge in [-0.25, -0.2) is 14.6 Å². The molecule has 8 nitrogen and oxygen atoms in total. The van der Waals surface area contributed by atoms with Crippen LogP contribution >= 0.6 is 0 Å². The zero-order valence-electron chi connectivity index (χ0n) is 11.8. The van der Waals surface area contributed by atoms with E-state index in [2.05, 4.69) is 15.6 Å². The molecule has 3 amide bonds. The summed E-state index contributed by atoms with van der Waals surface area (Å²) in [7, 11) is 0. The SMILES string of the molecule is CC(C)(CC(N)=O)NC(=O)NCc1ccc(C(=O)O)nc1. The minimum Gasteiger partial charge on any atom is -0.477 e. The summed E-state index contributed by atoms with van der Waals surface area (Å²) >= 11 is 0. The fraction of sp³-hybridized carbons (Fsp3) is 0.385. The first kappa shape index (κ1) is 16.4. The van der Waals surface area contributed by atoms with E-state index in [1.165, 1.54) is 12.3 Å². The summed E-state index contributed by atoms with van der Waals surface area (Å²) in [6.45, 7) is 3.55. The number of pyridine rings is 1. The van der Waals surface area contributed by atoms with Crippen molar-refractivity contribution < 1.29 is 19.5 Å². The summed E-state index contributed by atoms with van der Waals surface area (Å²) in [6.07, 6.45) is 1.40. The first-order valence-electron chi connectivity index (χ1n) is 6.22. The highest BCUT2D eigenvalue weighted by Crippen LogP contribution is 2.07. The molecule has 0 aliphatic rings. The third-order valence-electron chi connectivity index (χ3n) is 2.57. The number of carboxylic acid groups (broad SMARTS) is 1. The van der Waals surface area contributed by atoms with Crippen molar-refractivity contribution in [3.05, 3.63) is 29.6 Å². The van der Waals surface area contributed by atoms with E-state index in [1.807, 2.05) is 0 Å². The first-order valence-corrected chi connectivity index (χ1v) is 6.22. The highest BCUT2D eigenvalue weighted by molar-refractivity contribution is 5.85. The van der Waals surface area contributed by atoms with Crippen LogP contribution in [0.4, 0.5) is 4.79 Å². The van der Waals surface area contributed by atoms with Crippen LogP contribution in [-0.2, 0) is 11.3 Å². The van der Waals surface area contributed by atoms with Crippen LogP contribution in [0.3, 0.4) is 0 Å². The molecule has 5 N–H and O–H groups in total. The average molecular weight is 294 g/mol. The van der Waals surface area contributed by atoms with Gasteiger partial charge in [0.1, 0.15) is 5.69 Å². The Kier molecular flexibility index (Phi) is 5.23. The molecular weight excluding hydrogens is 276 g/mol. The highest BCUT2D eigenvalue weighted by Gasteiger charge is 2.22. The average Bonchev–Trinajstić information content (AvgIpc) is 2.34. The van der Waals surface area contributed by atoms with Gasteiger partial charge < -0.3 is 21.5 Å². The molecule has 0 unspecified atom stereocenters. The van der Waals surface area contributed by atoms with Gasteiger partial charge in [-0.2, -0.15) is 0 Å². The van der Waals surface area contributed by atoms with Crippen LogP contribution in [0.1, 0.15) is 36.3 Å². The number of hydrogen-bond donors (Lipinski definition) is 4. The van der Waals surface area contributed by atoms with Gasteiger partial charge in [0.05, 0.1) is 0 Å². The minimum atomic E-state index is -1.11. The van der Waals surface area contributed by atoms with Crippen LogP contribution in [0.15, 0.2) is 18.3 Å². The summed E-state index contributed by atoms with van der Waals surface area (Å²) < 4.78 is 0.